The molecule has 1 aromatic heterocycles. The van der Waals surface area contributed by atoms with Crippen molar-refractivity contribution in [1.29, 1.82) is 0 Å². The second-order valence-corrected chi connectivity index (χ2v) is 7.77. The molecule has 0 bridgehead atoms. The first kappa shape index (κ1) is 15.9. The first-order valence-corrected chi connectivity index (χ1v) is 7.97. The molecule has 3 nitrogen and oxygen atoms in total. The normalized spacial score (nSPS) is 22.6. The highest BCUT2D eigenvalue weighted by molar-refractivity contribution is 6.53. The minimum atomic E-state index is -1.03. The molecule has 0 radical (unpaired) electrons. The van der Waals surface area contributed by atoms with Crippen molar-refractivity contribution in [2.24, 2.45) is 5.41 Å². The number of alkyl halides is 2. The van der Waals surface area contributed by atoms with Gasteiger partial charge in [-0.15, -0.1) is 23.2 Å². The third-order valence-electron chi connectivity index (χ3n) is 4.07. The minimum Gasteiger partial charge on any atom is -0.460 e. The van der Waals surface area contributed by atoms with Crippen LogP contribution < -0.4 is 0 Å². The molecule has 0 amide bonds. The molecule has 0 spiro atoms. The van der Waals surface area contributed by atoms with E-state index in [0.717, 1.165) is 16.5 Å². The molecular formula is C16H14Cl3NO2. The van der Waals surface area contributed by atoms with Crippen molar-refractivity contribution in [1.82, 2.24) is 4.98 Å². The standard InChI is InChI=1S/C16H14Cl3NO2/c1-9-3-4-10-6-11(13(17)20-12(10)5-9)7-22-14(21)15(2)8-16(15,18)19/h3-6H,7-8H2,1-2H3. The number of aromatic nitrogens is 1. The molecule has 1 aliphatic carbocycles. The molecule has 1 aromatic carbocycles. The lowest BCUT2D eigenvalue weighted by atomic mass is 10.1. The highest BCUT2D eigenvalue weighted by Gasteiger charge is 2.69. The van der Waals surface area contributed by atoms with E-state index < -0.39 is 15.7 Å². The van der Waals surface area contributed by atoms with Gasteiger partial charge in [-0.2, -0.15) is 0 Å². The largest absolute Gasteiger partial charge is 0.460 e. The topological polar surface area (TPSA) is 39.2 Å². The first-order valence-electron chi connectivity index (χ1n) is 6.84. The molecule has 0 N–H and O–H groups in total. The van der Waals surface area contributed by atoms with Crippen molar-refractivity contribution in [2.75, 3.05) is 0 Å². The Kier molecular flexibility index (Phi) is 3.79. The molecule has 22 heavy (non-hydrogen) atoms. The molecule has 2 aromatic rings. The third kappa shape index (κ3) is 2.66. The van der Waals surface area contributed by atoms with E-state index in [4.69, 9.17) is 39.5 Å². The number of pyridine rings is 1. The zero-order chi connectivity index (χ0) is 16.1. The van der Waals surface area contributed by atoms with Crippen molar-refractivity contribution in [3.05, 3.63) is 40.5 Å². The van der Waals surface area contributed by atoms with Gasteiger partial charge in [0, 0.05) is 17.4 Å². The lowest BCUT2D eigenvalue weighted by Gasteiger charge is -2.12. The van der Waals surface area contributed by atoms with Gasteiger partial charge in [0.25, 0.3) is 0 Å². The Morgan fingerprint density at radius 3 is 2.68 bits per heavy atom. The van der Waals surface area contributed by atoms with Gasteiger partial charge in [-0.3, -0.25) is 4.79 Å². The Labute approximate surface area is 143 Å². The zero-order valence-electron chi connectivity index (χ0n) is 12.1. The maximum Gasteiger partial charge on any atom is 0.315 e. The highest BCUT2D eigenvalue weighted by atomic mass is 35.5. The number of esters is 1. The molecule has 1 fully saturated rings. The van der Waals surface area contributed by atoms with Gasteiger partial charge in [0.2, 0.25) is 0 Å². The van der Waals surface area contributed by atoms with Crippen LogP contribution in [0.2, 0.25) is 5.15 Å². The van der Waals surface area contributed by atoms with Crippen LogP contribution in [0.1, 0.15) is 24.5 Å². The molecule has 3 rings (SSSR count). The summed E-state index contributed by atoms with van der Waals surface area (Å²) in [6.45, 7) is 3.73. The fraction of sp³-hybridized carbons (Fsp3) is 0.375. The summed E-state index contributed by atoms with van der Waals surface area (Å²) in [7, 11) is 0. The lowest BCUT2D eigenvalue weighted by molar-refractivity contribution is -0.150. The molecule has 0 aliphatic heterocycles. The number of carbonyl (C=O) groups excluding carboxylic acids is 1. The minimum absolute atomic E-state index is 0.0495. The quantitative estimate of drug-likeness (QED) is 0.448. The van der Waals surface area contributed by atoms with Gasteiger partial charge in [0.15, 0.2) is 0 Å². The van der Waals surface area contributed by atoms with E-state index in [-0.39, 0.29) is 6.61 Å². The van der Waals surface area contributed by atoms with Gasteiger partial charge in [-0.05, 0) is 31.5 Å². The number of rotatable bonds is 3. The van der Waals surface area contributed by atoms with Crippen LogP contribution in [0.4, 0.5) is 0 Å². The van der Waals surface area contributed by atoms with E-state index in [1.807, 2.05) is 31.2 Å². The summed E-state index contributed by atoms with van der Waals surface area (Å²) < 4.78 is 4.28. The van der Waals surface area contributed by atoms with E-state index in [1.165, 1.54) is 0 Å². The molecule has 1 unspecified atom stereocenters. The maximum absolute atomic E-state index is 12.1. The Morgan fingerprint density at radius 1 is 1.36 bits per heavy atom. The number of fused-ring (bicyclic) bond motifs is 1. The predicted molar refractivity (Wildman–Crippen MR) is 88.4 cm³/mol. The number of carbonyl (C=O) groups is 1. The van der Waals surface area contributed by atoms with Crippen LogP contribution in [0.5, 0.6) is 0 Å². The molecule has 1 aliphatic rings. The Hall–Kier alpha value is -1.03. The first-order chi connectivity index (χ1) is 10.2. The number of halogens is 3. The van der Waals surface area contributed by atoms with E-state index in [0.29, 0.717) is 17.1 Å². The maximum atomic E-state index is 12.1. The number of nitrogens with zero attached hydrogens (tertiary/aromatic N) is 1. The molecular weight excluding hydrogens is 345 g/mol. The fourth-order valence-corrected chi connectivity index (χ4v) is 3.21. The smallest absolute Gasteiger partial charge is 0.315 e. The molecule has 0 saturated heterocycles. The van der Waals surface area contributed by atoms with Crippen LogP contribution in [0.25, 0.3) is 10.9 Å². The summed E-state index contributed by atoms with van der Waals surface area (Å²) >= 11 is 18.1. The summed E-state index contributed by atoms with van der Waals surface area (Å²) in [6.07, 6.45) is 0.394. The number of ether oxygens (including phenoxy) is 1. The zero-order valence-corrected chi connectivity index (χ0v) is 14.4. The van der Waals surface area contributed by atoms with Gasteiger partial charge < -0.3 is 4.74 Å². The van der Waals surface area contributed by atoms with Crippen LogP contribution in [0, 0.1) is 12.3 Å². The van der Waals surface area contributed by atoms with E-state index >= 15 is 0 Å². The molecule has 116 valence electrons. The summed E-state index contributed by atoms with van der Waals surface area (Å²) in [5.74, 6) is -0.419. The van der Waals surface area contributed by atoms with Gasteiger partial charge in [0.05, 0.1) is 5.52 Å². The fourth-order valence-electron chi connectivity index (χ4n) is 2.32. The van der Waals surface area contributed by atoms with Crippen LogP contribution in [-0.4, -0.2) is 15.3 Å². The summed E-state index contributed by atoms with van der Waals surface area (Å²) in [4.78, 5) is 16.4. The monoisotopic (exact) mass is 357 g/mol. The SMILES string of the molecule is Cc1ccc2cc(COC(=O)C3(C)CC3(Cl)Cl)c(Cl)nc2c1. The molecule has 1 saturated carbocycles. The second kappa shape index (κ2) is 5.26. The van der Waals surface area contributed by atoms with E-state index in [9.17, 15) is 4.79 Å². The summed E-state index contributed by atoms with van der Waals surface area (Å²) in [5.41, 5.74) is 1.74. The molecule has 1 heterocycles. The second-order valence-electron chi connectivity index (χ2n) is 5.92. The van der Waals surface area contributed by atoms with Crippen molar-refractivity contribution >= 4 is 51.7 Å². The number of aryl methyl sites for hydroxylation is 1. The van der Waals surface area contributed by atoms with Gasteiger partial charge in [-0.1, -0.05) is 23.7 Å². The number of benzene rings is 1. The predicted octanol–water partition coefficient (Wildman–Crippen LogP) is 4.82. The summed E-state index contributed by atoms with van der Waals surface area (Å²) in [5, 5.41) is 1.28. The van der Waals surface area contributed by atoms with Crippen molar-refractivity contribution in [3.8, 4) is 0 Å². The van der Waals surface area contributed by atoms with Crippen molar-refractivity contribution in [2.45, 2.75) is 31.2 Å². The van der Waals surface area contributed by atoms with Crippen molar-refractivity contribution in [3.63, 3.8) is 0 Å². The average Bonchev–Trinajstić information content (AvgIpc) is 2.96. The average molecular weight is 359 g/mol. The molecule has 1 atom stereocenters. The Morgan fingerprint density at radius 2 is 2.05 bits per heavy atom. The van der Waals surface area contributed by atoms with Crippen LogP contribution in [0.3, 0.4) is 0 Å². The summed E-state index contributed by atoms with van der Waals surface area (Å²) in [6, 6.07) is 7.79. The number of hydrogen-bond donors (Lipinski definition) is 0. The third-order valence-corrected chi connectivity index (χ3v) is 5.50. The van der Waals surface area contributed by atoms with Gasteiger partial charge >= 0.3 is 5.97 Å². The number of hydrogen-bond acceptors (Lipinski definition) is 3. The van der Waals surface area contributed by atoms with E-state index in [1.54, 1.807) is 6.92 Å². The van der Waals surface area contributed by atoms with Crippen LogP contribution in [0.15, 0.2) is 24.3 Å². The van der Waals surface area contributed by atoms with Gasteiger partial charge in [0.1, 0.15) is 21.5 Å². The lowest BCUT2D eigenvalue weighted by Crippen LogP contribution is -2.21. The molecule has 6 heteroatoms. The van der Waals surface area contributed by atoms with Crippen LogP contribution >= 0.6 is 34.8 Å². The van der Waals surface area contributed by atoms with Crippen LogP contribution in [-0.2, 0) is 16.1 Å². The Balaban J connectivity index is 1.78. The highest BCUT2D eigenvalue weighted by Crippen LogP contribution is 2.64. The van der Waals surface area contributed by atoms with Crippen molar-refractivity contribution < 1.29 is 9.53 Å². The van der Waals surface area contributed by atoms with Gasteiger partial charge in [-0.25, -0.2) is 4.98 Å². The Bertz CT molecular complexity index is 775. The van der Waals surface area contributed by atoms with E-state index in [2.05, 4.69) is 4.98 Å².